The van der Waals surface area contributed by atoms with Crippen LogP contribution in [0.15, 0.2) is 54.9 Å². The topological polar surface area (TPSA) is 118 Å². The van der Waals surface area contributed by atoms with Gasteiger partial charge in [0.25, 0.3) is 0 Å². The van der Waals surface area contributed by atoms with E-state index < -0.39 is 39.9 Å². The molecule has 1 aliphatic heterocycles. The molecule has 1 atom stereocenters. The number of sulfonamides is 1. The third-order valence-corrected chi connectivity index (χ3v) is 8.03. The Hall–Kier alpha value is -4.04. The SMILES string of the molecule is Cc1c(F)c(NS(=O)(=O)CCC(F)(F)F)c2ccccc2c1Oc1ncccc1-c1ccnc(NC2CCCNC2)n1. The number of rotatable bonds is 9. The Morgan fingerprint density at radius 2 is 1.86 bits per heavy atom. The highest BCUT2D eigenvalue weighted by Gasteiger charge is 2.31. The number of nitrogens with one attached hydrogen (secondary N) is 3. The summed E-state index contributed by atoms with van der Waals surface area (Å²) in [6.07, 6.45) is -1.12. The number of hydrogen-bond donors (Lipinski definition) is 3. The van der Waals surface area contributed by atoms with Gasteiger partial charge in [-0.2, -0.15) is 13.2 Å². The van der Waals surface area contributed by atoms with E-state index in [9.17, 15) is 21.6 Å². The predicted molar refractivity (Wildman–Crippen MR) is 152 cm³/mol. The minimum absolute atomic E-state index is 0.0614. The maximum Gasteiger partial charge on any atom is 0.390 e. The van der Waals surface area contributed by atoms with E-state index in [0.29, 0.717) is 22.6 Å². The Morgan fingerprint density at radius 1 is 1.07 bits per heavy atom. The van der Waals surface area contributed by atoms with Crippen LogP contribution in [0.1, 0.15) is 24.8 Å². The van der Waals surface area contributed by atoms with E-state index in [1.807, 2.05) is 4.72 Å². The van der Waals surface area contributed by atoms with Gasteiger partial charge in [-0.15, -0.1) is 0 Å². The summed E-state index contributed by atoms with van der Waals surface area (Å²) in [5.74, 6) is -1.60. The predicted octanol–water partition coefficient (Wildman–Crippen LogP) is 5.79. The van der Waals surface area contributed by atoms with Gasteiger partial charge in [-0.25, -0.2) is 27.8 Å². The summed E-state index contributed by atoms with van der Waals surface area (Å²) in [6.45, 7) is 3.15. The lowest BCUT2D eigenvalue weighted by Gasteiger charge is -2.23. The monoisotopic (exact) mass is 604 g/mol. The lowest BCUT2D eigenvalue weighted by atomic mass is 10.0. The highest BCUT2D eigenvalue weighted by molar-refractivity contribution is 7.92. The van der Waals surface area contributed by atoms with Crippen molar-refractivity contribution in [2.45, 2.75) is 38.4 Å². The molecule has 1 saturated heterocycles. The molecule has 0 radical (unpaired) electrons. The van der Waals surface area contributed by atoms with E-state index in [1.165, 1.54) is 19.2 Å². The number of pyridine rings is 1. The molecule has 0 spiro atoms. The summed E-state index contributed by atoms with van der Waals surface area (Å²) in [5.41, 5.74) is 0.498. The van der Waals surface area contributed by atoms with Gasteiger partial charge in [-0.3, -0.25) is 4.72 Å². The second-order valence-corrected chi connectivity index (χ2v) is 11.7. The molecule has 2 aromatic carbocycles. The summed E-state index contributed by atoms with van der Waals surface area (Å²) >= 11 is 0. The third kappa shape index (κ3) is 6.87. The Kier molecular flexibility index (Phi) is 8.45. The number of ether oxygens (including phenoxy) is 1. The van der Waals surface area contributed by atoms with Crippen LogP contribution >= 0.6 is 0 Å². The average Bonchev–Trinajstić information content (AvgIpc) is 2.97. The van der Waals surface area contributed by atoms with Gasteiger partial charge in [0.1, 0.15) is 5.75 Å². The van der Waals surface area contributed by atoms with Crippen LogP contribution in [0.5, 0.6) is 11.6 Å². The standard InChI is InChI=1S/C28H28F4N6O3S/c1-17-23(29)24(38-42(39,40)15-11-28(30,31)32)19-7-2-3-8-20(19)25(17)41-26-21(9-5-13-34-26)22-10-14-35-27(37-22)36-18-6-4-12-33-16-18/h2-3,5,7-10,13-14,18,33,38H,4,6,11-12,15-16H2,1H3,(H,35,36,37). The van der Waals surface area contributed by atoms with Crippen molar-refractivity contribution in [1.29, 1.82) is 0 Å². The molecule has 1 fully saturated rings. The quantitative estimate of drug-likeness (QED) is 0.206. The Bertz CT molecular complexity index is 1700. The molecule has 42 heavy (non-hydrogen) atoms. The van der Waals surface area contributed by atoms with E-state index in [0.717, 1.165) is 25.9 Å². The molecular weight excluding hydrogens is 576 g/mol. The Labute approximate surface area is 239 Å². The number of fused-ring (bicyclic) bond motifs is 1. The minimum atomic E-state index is -4.68. The molecule has 3 N–H and O–H groups in total. The first-order valence-corrected chi connectivity index (χ1v) is 14.9. The zero-order valence-electron chi connectivity index (χ0n) is 22.5. The number of aromatic nitrogens is 3. The van der Waals surface area contributed by atoms with Crippen molar-refractivity contribution in [3.8, 4) is 22.9 Å². The summed E-state index contributed by atoms with van der Waals surface area (Å²) < 4.78 is 86.8. The number of halogens is 4. The molecule has 4 aromatic rings. The lowest BCUT2D eigenvalue weighted by molar-refractivity contribution is -0.129. The van der Waals surface area contributed by atoms with Crippen LogP contribution in [0.3, 0.4) is 0 Å². The first-order chi connectivity index (χ1) is 20.0. The summed E-state index contributed by atoms with van der Waals surface area (Å²) in [6, 6.07) is 11.6. The maximum absolute atomic E-state index is 15.7. The summed E-state index contributed by atoms with van der Waals surface area (Å²) in [4.78, 5) is 13.3. The van der Waals surface area contributed by atoms with Crippen molar-refractivity contribution in [3.05, 3.63) is 66.2 Å². The van der Waals surface area contributed by atoms with Gasteiger partial charge >= 0.3 is 6.18 Å². The van der Waals surface area contributed by atoms with Crippen LogP contribution in [0.4, 0.5) is 29.2 Å². The van der Waals surface area contributed by atoms with Crippen molar-refractivity contribution in [3.63, 3.8) is 0 Å². The smallest absolute Gasteiger partial charge is 0.390 e. The molecule has 1 aliphatic rings. The van der Waals surface area contributed by atoms with Gasteiger partial charge < -0.3 is 15.4 Å². The first kappa shape index (κ1) is 29.5. The number of anilines is 2. The van der Waals surface area contributed by atoms with Gasteiger partial charge in [-0.1, -0.05) is 24.3 Å². The molecule has 3 heterocycles. The van der Waals surface area contributed by atoms with E-state index in [1.54, 1.807) is 42.6 Å². The largest absolute Gasteiger partial charge is 0.437 e. The molecule has 1 unspecified atom stereocenters. The molecule has 5 rings (SSSR count). The fraction of sp³-hybridized carbons (Fsp3) is 0.321. The van der Waals surface area contributed by atoms with Gasteiger partial charge in [-0.05, 0) is 44.5 Å². The van der Waals surface area contributed by atoms with Crippen LogP contribution in [0, 0.1) is 12.7 Å². The van der Waals surface area contributed by atoms with E-state index in [2.05, 4.69) is 25.6 Å². The van der Waals surface area contributed by atoms with Crippen molar-refractivity contribution in [2.75, 3.05) is 28.9 Å². The average molecular weight is 605 g/mol. The van der Waals surface area contributed by atoms with E-state index in [4.69, 9.17) is 4.74 Å². The minimum Gasteiger partial charge on any atom is -0.437 e. The molecule has 0 amide bonds. The zero-order chi connectivity index (χ0) is 29.9. The highest BCUT2D eigenvalue weighted by atomic mass is 32.2. The first-order valence-electron chi connectivity index (χ1n) is 13.2. The molecular formula is C28H28F4N6O3S. The molecule has 0 saturated carbocycles. The number of piperidine rings is 1. The van der Waals surface area contributed by atoms with E-state index >= 15 is 4.39 Å². The maximum atomic E-state index is 15.7. The van der Waals surface area contributed by atoms with Gasteiger partial charge in [0.2, 0.25) is 21.9 Å². The molecule has 9 nitrogen and oxygen atoms in total. The zero-order valence-corrected chi connectivity index (χ0v) is 23.3. The Balaban J connectivity index is 1.49. The summed E-state index contributed by atoms with van der Waals surface area (Å²) in [5, 5.41) is 7.10. The molecule has 0 aliphatic carbocycles. The van der Waals surface area contributed by atoms with Gasteiger partial charge in [0.05, 0.1) is 29.1 Å². The third-order valence-electron chi connectivity index (χ3n) is 6.77. The fourth-order valence-corrected chi connectivity index (χ4v) is 5.81. The number of nitrogens with zero attached hydrogens (tertiary/aromatic N) is 3. The van der Waals surface area contributed by atoms with Crippen molar-refractivity contribution < 1.29 is 30.7 Å². The molecule has 14 heteroatoms. The Morgan fingerprint density at radius 3 is 2.60 bits per heavy atom. The van der Waals surface area contributed by atoms with Gasteiger partial charge in [0, 0.05) is 41.3 Å². The van der Waals surface area contributed by atoms with Crippen LogP contribution in [-0.4, -0.2) is 54.4 Å². The second kappa shape index (κ2) is 12.1. The number of hydrogen-bond acceptors (Lipinski definition) is 8. The van der Waals surface area contributed by atoms with Crippen molar-refractivity contribution >= 4 is 32.4 Å². The fourth-order valence-electron chi connectivity index (χ4n) is 4.69. The second-order valence-electron chi connectivity index (χ2n) is 9.89. The summed E-state index contributed by atoms with van der Waals surface area (Å²) in [7, 11) is -4.52. The van der Waals surface area contributed by atoms with Gasteiger partial charge in [0.15, 0.2) is 5.82 Å². The van der Waals surface area contributed by atoms with E-state index in [-0.39, 0.29) is 28.6 Å². The number of benzene rings is 2. The van der Waals surface area contributed by atoms with Crippen molar-refractivity contribution in [1.82, 2.24) is 20.3 Å². The van der Waals surface area contributed by atoms with Crippen LogP contribution in [0.2, 0.25) is 0 Å². The van der Waals surface area contributed by atoms with Crippen LogP contribution in [-0.2, 0) is 10.0 Å². The highest BCUT2D eigenvalue weighted by Crippen LogP contribution is 2.42. The lowest BCUT2D eigenvalue weighted by Crippen LogP contribution is -2.38. The van der Waals surface area contributed by atoms with Crippen LogP contribution < -0.4 is 20.1 Å². The normalized spacial score (nSPS) is 15.9. The molecule has 222 valence electrons. The number of alkyl halides is 3. The van der Waals surface area contributed by atoms with Crippen LogP contribution in [0.25, 0.3) is 22.0 Å². The molecule has 2 aromatic heterocycles. The van der Waals surface area contributed by atoms with Crippen molar-refractivity contribution in [2.24, 2.45) is 0 Å². The molecule has 0 bridgehead atoms.